The molecular formula is C42H35Cl3LiMg2N10O5Zn-. The van der Waals surface area contributed by atoms with Crippen molar-refractivity contribution in [1.29, 1.82) is 10.5 Å². The average Bonchev–Trinajstić information content (AvgIpc) is 4.13. The van der Waals surface area contributed by atoms with Gasteiger partial charge in [0.2, 0.25) is 24.6 Å². The van der Waals surface area contributed by atoms with Crippen molar-refractivity contribution in [3.63, 3.8) is 0 Å². The second kappa shape index (κ2) is 44.7. The van der Waals surface area contributed by atoms with Crippen LogP contribution in [0.15, 0.2) is 182 Å². The van der Waals surface area contributed by atoms with Gasteiger partial charge in [-0.15, -0.1) is 20.4 Å². The molecule has 0 radical (unpaired) electrons. The Bertz CT molecular complexity index is 2090. The summed E-state index contributed by atoms with van der Waals surface area (Å²) in [5, 5.41) is 52.3. The van der Waals surface area contributed by atoms with Crippen LogP contribution in [0.1, 0.15) is 20.4 Å². The molecule has 0 atom stereocenters. The van der Waals surface area contributed by atoms with Crippen LogP contribution in [0.25, 0.3) is 45.8 Å². The van der Waals surface area contributed by atoms with Crippen molar-refractivity contribution in [2.75, 3.05) is 0 Å². The topological polar surface area (TPSA) is 226 Å². The van der Waals surface area contributed by atoms with E-state index in [1.807, 2.05) is 146 Å². The van der Waals surface area contributed by atoms with Crippen molar-refractivity contribution in [3.8, 4) is 58.1 Å². The maximum Gasteiger partial charge on any atom is 2.00 e. The smallest absolute Gasteiger partial charge is 1.00 e. The fraction of sp³-hybridized carbons (Fsp3) is 0.0476. The zero-order chi connectivity index (χ0) is 38.6. The summed E-state index contributed by atoms with van der Waals surface area (Å²) in [6.07, 6.45) is 7.73. The van der Waals surface area contributed by atoms with Crippen LogP contribution in [-0.2, 0) is 19.5 Å². The van der Waals surface area contributed by atoms with Gasteiger partial charge in [-0.3, -0.25) is 0 Å². The molecule has 5 aromatic carbocycles. The number of hydrogen-bond acceptors (Lipinski definition) is 15. The molecular weight excluding hydrogens is 952 g/mol. The Hall–Kier alpha value is -4.94. The minimum absolute atomic E-state index is 0. The SMILES string of the molecule is C.C.N#C[O-].N#Cc1ccccc1.[Cl-].[Cl-].[Cl-].[Li+].[Mg+2].[Mg+2].[Zn].[c-]1nnc(-c2ccccc2)o1.[c-]1nnc(-c2ccccc2)o1.c1ccc(-c2nnco2)cc1.c1ccc(-c2nnco2)cc1. The van der Waals surface area contributed by atoms with Gasteiger partial charge in [-0.25, -0.2) is 25.7 Å². The summed E-state index contributed by atoms with van der Waals surface area (Å²) in [6, 6.07) is 49.6. The van der Waals surface area contributed by atoms with Crippen molar-refractivity contribution in [2.24, 2.45) is 0 Å². The van der Waals surface area contributed by atoms with Crippen molar-refractivity contribution in [1.82, 2.24) is 40.8 Å². The van der Waals surface area contributed by atoms with Crippen molar-refractivity contribution in [3.05, 3.63) is 183 Å². The van der Waals surface area contributed by atoms with Gasteiger partial charge in [0, 0.05) is 36.9 Å². The molecule has 15 nitrogen and oxygen atoms in total. The second-order valence-corrected chi connectivity index (χ2v) is 9.92. The van der Waals surface area contributed by atoms with Gasteiger partial charge in [0.15, 0.2) is 0 Å². The van der Waals surface area contributed by atoms with E-state index in [0.717, 1.165) is 22.3 Å². The number of nitriles is 2. The van der Waals surface area contributed by atoms with E-state index >= 15 is 0 Å². The summed E-state index contributed by atoms with van der Waals surface area (Å²) in [5.74, 6) is 2.13. The van der Waals surface area contributed by atoms with Gasteiger partial charge in [-0.2, -0.15) is 5.26 Å². The molecule has 0 spiro atoms. The van der Waals surface area contributed by atoms with E-state index in [1.54, 1.807) is 12.1 Å². The van der Waals surface area contributed by atoms with Crippen molar-refractivity contribution >= 4 is 46.1 Å². The minimum atomic E-state index is 0. The second-order valence-electron chi connectivity index (χ2n) is 9.92. The molecule has 9 rings (SSSR count). The first-order valence-electron chi connectivity index (χ1n) is 15.8. The molecule has 0 aliphatic rings. The van der Waals surface area contributed by atoms with Crippen molar-refractivity contribution < 1.29 is 98.3 Å². The Morgan fingerprint density at radius 1 is 0.453 bits per heavy atom. The molecule has 0 unspecified atom stereocenters. The Balaban J connectivity index is -0.000000157. The summed E-state index contributed by atoms with van der Waals surface area (Å²) in [6.45, 7) is 0. The fourth-order valence-electron chi connectivity index (χ4n) is 3.97. The molecule has 22 heteroatoms. The largest absolute Gasteiger partial charge is 2.00 e. The van der Waals surface area contributed by atoms with Crippen LogP contribution in [0.3, 0.4) is 0 Å². The quantitative estimate of drug-likeness (QED) is 0.0920. The number of aromatic nitrogens is 8. The van der Waals surface area contributed by atoms with E-state index in [9.17, 15) is 0 Å². The number of halogens is 3. The molecule has 9 aromatic rings. The summed E-state index contributed by atoms with van der Waals surface area (Å²) in [4.78, 5) is 0. The van der Waals surface area contributed by atoms with Gasteiger partial charge in [-0.1, -0.05) is 130 Å². The first kappa shape index (κ1) is 70.7. The number of benzene rings is 5. The predicted molar refractivity (Wildman–Crippen MR) is 218 cm³/mol. The van der Waals surface area contributed by atoms with Crippen molar-refractivity contribution in [2.45, 2.75) is 14.9 Å². The van der Waals surface area contributed by atoms with E-state index < -0.39 is 0 Å². The molecule has 0 saturated carbocycles. The molecule has 0 aliphatic heterocycles. The molecule has 4 heterocycles. The average molecular weight is 987 g/mol. The van der Waals surface area contributed by atoms with Gasteiger partial charge >= 0.3 is 65.0 Å². The third-order valence-electron chi connectivity index (χ3n) is 6.35. The monoisotopic (exact) mass is 983 g/mol. The van der Waals surface area contributed by atoms with Gasteiger partial charge in [0.1, 0.15) is 0 Å². The van der Waals surface area contributed by atoms with Gasteiger partial charge in [-0.05, 0) is 47.5 Å². The molecule has 0 aliphatic carbocycles. The molecule has 0 saturated heterocycles. The van der Waals surface area contributed by atoms with E-state index in [2.05, 4.69) is 53.6 Å². The molecule has 0 bridgehead atoms. The van der Waals surface area contributed by atoms with Gasteiger partial charge < -0.3 is 60.0 Å². The van der Waals surface area contributed by atoms with Crippen LogP contribution >= 0.6 is 0 Å². The zero-order valence-corrected chi connectivity index (χ0v) is 40.9. The molecule has 0 N–H and O–H groups in total. The first-order valence-corrected chi connectivity index (χ1v) is 15.8. The third-order valence-corrected chi connectivity index (χ3v) is 6.35. The Morgan fingerprint density at radius 3 is 0.922 bits per heavy atom. The Morgan fingerprint density at radius 2 is 0.719 bits per heavy atom. The third kappa shape index (κ3) is 27.3. The minimum Gasteiger partial charge on any atom is -1.00 e. The first-order chi connectivity index (χ1) is 27.2. The summed E-state index contributed by atoms with van der Waals surface area (Å²) < 4.78 is 19.7. The maximum absolute atomic E-state index is 8.29. The summed E-state index contributed by atoms with van der Waals surface area (Å²) in [5.41, 5.74) is 4.45. The number of nitrogens with zero attached hydrogens (tertiary/aromatic N) is 10. The van der Waals surface area contributed by atoms with Crippen LogP contribution in [0, 0.1) is 35.6 Å². The van der Waals surface area contributed by atoms with Crippen LogP contribution in [0.4, 0.5) is 0 Å². The standard InChI is InChI=1S/2C8H6N2O.2C8H5N2O.C7H5N.CHNO.2CH4.3ClH.Li.2Mg.Zn/c4*1-2-4-7(5-3-1)8-10-9-6-11-8;8-6-7-4-2-1-3-5-7;2-1-3;;;;;;;;;/h2*1-6H;2*1-5H;1-5H;3H;2*1H4;3*1H;;;;/q;;2*-1;;;;;;;;+1;2*+2;/p-4. The van der Waals surface area contributed by atoms with Gasteiger partial charge in [0.05, 0.1) is 36.2 Å². The Kier molecular flexibility index (Phi) is 49.4. The maximum atomic E-state index is 8.29. The molecule has 64 heavy (non-hydrogen) atoms. The van der Waals surface area contributed by atoms with E-state index in [1.165, 1.54) is 12.8 Å². The normalized spacial score (nSPS) is 7.84. The van der Waals surface area contributed by atoms with Crippen LogP contribution in [0.2, 0.25) is 0 Å². The molecule has 0 fully saturated rings. The summed E-state index contributed by atoms with van der Waals surface area (Å²) >= 11 is 0. The number of hydrogen-bond donors (Lipinski definition) is 0. The fourth-order valence-corrected chi connectivity index (χ4v) is 3.97. The number of rotatable bonds is 4. The van der Waals surface area contributed by atoms with Crippen LogP contribution in [0.5, 0.6) is 0 Å². The molecule has 4 aromatic heterocycles. The van der Waals surface area contributed by atoms with E-state index in [4.69, 9.17) is 33.3 Å². The predicted octanol–water partition coefficient (Wildman–Crippen LogP) is -4.54. The summed E-state index contributed by atoms with van der Waals surface area (Å²) in [7, 11) is 0. The van der Waals surface area contributed by atoms with E-state index in [-0.39, 0.29) is 137 Å². The zero-order valence-electron chi connectivity index (χ0n) is 32.9. The van der Waals surface area contributed by atoms with E-state index in [0.29, 0.717) is 35.4 Å². The van der Waals surface area contributed by atoms with Crippen LogP contribution < -0.4 is 61.2 Å². The Labute approximate surface area is 447 Å². The van der Waals surface area contributed by atoms with Gasteiger partial charge in [0.25, 0.3) is 0 Å². The van der Waals surface area contributed by atoms with Crippen LogP contribution in [-0.4, -0.2) is 86.9 Å². The molecule has 312 valence electrons. The molecule has 0 amide bonds.